The number of nitrogens with zero attached hydrogens (tertiary/aromatic N) is 2. The van der Waals surface area contributed by atoms with E-state index in [4.69, 9.17) is 14.5 Å². The Morgan fingerprint density at radius 3 is 2.56 bits per heavy atom. The fraction of sp³-hybridized carbons (Fsp3) is 0.333. The number of aromatic nitrogens is 1. The molecule has 1 aliphatic rings. The standard InChI is InChI=1S/C27H30N2O3/c1-19-16-21(11-13-25(19)31-18-20-8-6-5-7-9-20)23-12-10-22-17-29(15-14-24(22)28-23)26(30)32-27(2,3)4/h5-13,16H,14-15,17-18H2,1-4H3. The van der Waals surface area contributed by atoms with Crippen molar-refractivity contribution in [1.29, 1.82) is 0 Å². The Bertz CT molecular complexity index is 1100. The van der Waals surface area contributed by atoms with Gasteiger partial charge in [-0.15, -0.1) is 0 Å². The van der Waals surface area contributed by atoms with Crippen molar-refractivity contribution < 1.29 is 14.3 Å². The van der Waals surface area contributed by atoms with Crippen LogP contribution in [0.3, 0.4) is 0 Å². The Kier molecular flexibility index (Phi) is 6.17. The molecule has 0 atom stereocenters. The van der Waals surface area contributed by atoms with Crippen LogP contribution in [0.2, 0.25) is 0 Å². The zero-order valence-corrected chi connectivity index (χ0v) is 19.2. The van der Waals surface area contributed by atoms with E-state index in [1.54, 1.807) is 4.90 Å². The molecular weight excluding hydrogens is 400 g/mol. The Balaban J connectivity index is 1.45. The summed E-state index contributed by atoms with van der Waals surface area (Å²) < 4.78 is 11.5. The molecule has 0 N–H and O–H groups in total. The summed E-state index contributed by atoms with van der Waals surface area (Å²) in [7, 11) is 0. The Morgan fingerprint density at radius 1 is 1.06 bits per heavy atom. The highest BCUT2D eigenvalue weighted by atomic mass is 16.6. The van der Waals surface area contributed by atoms with Gasteiger partial charge in [-0.25, -0.2) is 4.79 Å². The van der Waals surface area contributed by atoms with E-state index in [0.29, 0.717) is 19.7 Å². The summed E-state index contributed by atoms with van der Waals surface area (Å²) in [5.74, 6) is 0.878. The second-order valence-electron chi connectivity index (χ2n) is 9.21. The van der Waals surface area contributed by atoms with Crippen LogP contribution in [-0.4, -0.2) is 28.1 Å². The number of rotatable bonds is 4. The molecule has 5 heteroatoms. The zero-order chi connectivity index (χ0) is 22.7. The van der Waals surface area contributed by atoms with Gasteiger partial charge in [-0.1, -0.05) is 36.4 Å². The van der Waals surface area contributed by atoms with Crippen molar-refractivity contribution in [2.75, 3.05) is 6.54 Å². The lowest BCUT2D eigenvalue weighted by Gasteiger charge is -2.31. The molecule has 0 radical (unpaired) electrons. The van der Waals surface area contributed by atoms with E-state index in [1.807, 2.05) is 51.1 Å². The van der Waals surface area contributed by atoms with Gasteiger partial charge < -0.3 is 14.4 Å². The molecule has 0 spiro atoms. The predicted octanol–water partition coefficient (Wildman–Crippen LogP) is 5.93. The van der Waals surface area contributed by atoms with Gasteiger partial charge in [0.25, 0.3) is 0 Å². The van der Waals surface area contributed by atoms with Crippen molar-refractivity contribution in [1.82, 2.24) is 9.88 Å². The molecule has 4 rings (SSSR count). The molecule has 0 bridgehead atoms. The lowest BCUT2D eigenvalue weighted by molar-refractivity contribution is 0.0223. The number of hydrogen-bond acceptors (Lipinski definition) is 4. The lowest BCUT2D eigenvalue weighted by Crippen LogP contribution is -2.40. The van der Waals surface area contributed by atoms with Crippen molar-refractivity contribution in [3.05, 3.63) is 83.0 Å². The van der Waals surface area contributed by atoms with Crippen molar-refractivity contribution >= 4 is 6.09 Å². The van der Waals surface area contributed by atoms with Gasteiger partial charge in [0.05, 0.1) is 12.2 Å². The van der Waals surface area contributed by atoms with E-state index in [9.17, 15) is 4.79 Å². The largest absolute Gasteiger partial charge is 0.489 e. The van der Waals surface area contributed by atoms with Crippen LogP contribution >= 0.6 is 0 Å². The fourth-order valence-corrected chi connectivity index (χ4v) is 3.77. The van der Waals surface area contributed by atoms with Gasteiger partial charge in [-0.2, -0.15) is 0 Å². The summed E-state index contributed by atoms with van der Waals surface area (Å²) in [5, 5.41) is 0. The summed E-state index contributed by atoms with van der Waals surface area (Å²) >= 11 is 0. The van der Waals surface area contributed by atoms with Gasteiger partial charge in [-0.05, 0) is 68.7 Å². The lowest BCUT2D eigenvalue weighted by atomic mass is 10.0. The van der Waals surface area contributed by atoms with Crippen LogP contribution in [0.5, 0.6) is 5.75 Å². The summed E-state index contributed by atoms with van der Waals surface area (Å²) in [6.45, 7) is 9.41. The van der Waals surface area contributed by atoms with Gasteiger partial charge in [-0.3, -0.25) is 4.98 Å². The fourth-order valence-electron chi connectivity index (χ4n) is 3.77. The highest BCUT2D eigenvalue weighted by Crippen LogP contribution is 2.28. The van der Waals surface area contributed by atoms with Gasteiger partial charge in [0.1, 0.15) is 18.0 Å². The molecule has 1 aromatic heterocycles. The van der Waals surface area contributed by atoms with Crippen LogP contribution < -0.4 is 4.74 Å². The van der Waals surface area contributed by atoms with E-state index in [2.05, 4.69) is 37.3 Å². The molecule has 1 aliphatic heterocycles. The Morgan fingerprint density at radius 2 is 1.84 bits per heavy atom. The maximum absolute atomic E-state index is 12.4. The zero-order valence-electron chi connectivity index (χ0n) is 19.2. The molecule has 2 aromatic carbocycles. The first-order valence-electron chi connectivity index (χ1n) is 11.0. The molecule has 0 saturated heterocycles. The SMILES string of the molecule is Cc1cc(-c2ccc3c(n2)CCN(C(=O)OC(C)(C)C)C3)ccc1OCc1ccccc1. The minimum atomic E-state index is -0.492. The number of amides is 1. The molecular formula is C27H30N2O3. The van der Waals surface area contributed by atoms with Crippen LogP contribution in [0.15, 0.2) is 60.7 Å². The topological polar surface area (TPSA) is 51.7 Å². The second kappa shape index (κ2) is 9.03. The average Bonchev–Trinajstić information content (AvgIpc) is 2.77. The van der Waals surface area contributed by atoms with E-state index < -0.39 is 5.60 Å². The number of carbonyl (C=O) groups excluding carboxylic acids is 1. The normalized spacial score (nSPS) is 13.4. The van der Waals surface area contributed by atoms with E-state index in [1.165, 1.54) is 0 Å². The quantitative estimate of drug-likeness (QED) is 0.515. The van der Waals surface area contributed by atoms with Crippen LogP contribution in [0.1, 0.15) is 43.2 Å². The Labute approximate surface area is 190 Å². The molecule has 166 valence electrons. The third kappa shape index (κ3) is 5.28. The molecule has 0 unspecified atom stereocenters. The predicted molar refractivity (Wildman–Crippen MR) is 126 cm³/mol. The number of ether oxygens (including phenoxy) is 2. The van der Waals surface area contributed by atoms with Crippen molar-refractivity contribution in [2.45, 2.75) is 52.9 Å². The molecule has 0 saturated carbocycles. The van der Waals surface area contributed by atoms with Crippen molar-refractivity contribution in [3.8, 4) is 17.0 Å². The maximum Gasteiger partial charge on any atom is 0.410 e. The number of carbonyl (C=O) groups is 1. The van der Waals surface area contributed by atoms with Gasteiger partial charge in [0.15, 0.2) is 0 Å². The van der Waals surface area contributed by atoms with Crippen LogP contribution in [0.4, 0.5) is 4.79 Å². The first-order chi connectivity index (χ1) is 15.3. The molecule has 0 fully saturated rings. The van der Waals surface area contributed by atoms with E-state index in [0.717, 1.165) is 45.8 Å². The summed E-state index contributed by atoms with van der Waals surface area (Å²) in [6.07, 6.45) is 0.452. The third-order valence-corrected chi connectivity index (χ3v) is 5.41. The monoisotopic (exact) mass is 430 g/mol. The van der Waals surface area contributed by atoms with Gasteiger partial charge in [0.2, 0.25) is 0 Å². The molecule has 3 aromatic rings. The van der Waals surface area contributed by atoms with Crippen molar-refractivity contribution in [3.63, 3.8) is 0 Å². The van der Waals surface area contributed by atoms with Crippen LogP contribution in [0, 0.1) is 6.92 Å². The smallest absolute Gasteiger partial charge is 0.410 e. The molecule has 32 heavy (non-hydrogen) atoms. The third-order valence-electron chi connectivity index (χ3n) is 5.41. The number of pyridine rings is 1. The maximum atomic E-state index is 12.4. The molecule has 2 heterocycles. The summed E-state index contributed by atoms with van der Waals surface area (Å²) in [4.78, 5) is 19.0. The van der Waals surface area contributed by atoms with Crippen molar-refractivity contribution in [2.24, 2.45) is 0 Å². The molecule has 0 aliphatic carbocycles. The van der Waals surface area contributed by atoms with Gasteiger partial charge in [0, 0.05) is 24.2 Å². The minimum absolute atomic E-state index is 0.269. The van der Waals surface area contributed by atoms with Crippen LogP contribution in [-0.2, 0) is 24.3 Å². The molecule has 5 nitrogen and oxygen atoms in total. The van der Waals surface area contributed by atoms with Crippen LogP contribution in [0.25, 0.3) is 11.3 Å². The number of fused-ring (bicyclic) bond motifs is 1. The highest BCUT2D eigenvalue weighted by molar-refractivity contribution is 5.69. The first-order valence-corrected chi connectivity index (χ1v) is 11.0. The number of aryl methyl sites for hydroxylation is 1. The average molecular weight is 431 g/mol. The molecule has 1 amide bonds. The summed E-state index contributed by atoms with van der Waals surface area (Å²) in [5.41, 5.74) is 5.85. The highest BCUT2D eigenvalue weighted by Gasteiger charge is 2.26. The first kappa shape index (κ1) is 21.9. The minimum Gasteiger partial charge on any atom is -0.489 e. The Hall–Kier alpha value is -3.34. The van der Waals surface area contributed by atoms with E-state index >= 15 is 0 Å². The summed E-state index contributed by atoms with van der Waals surface area (Å²) in [6, 6.07) is 20.4. The number of benzene rings is 2. The van der Waals surface area contributed by atoms with Gasteiger partial charge >= 0.3 is 6.09 Å². The van der Waals surface area contributed by atoms with E-state index in [-0.39, 0.29) is 6.09 Å². The number of hydrogen-bond donors (Lipinski definition) is 0. The second-order valence-corrected chi connectivity index (χ2v) is 9.21.